The van der Waals surface area contributed by atoms with Crippen LogP contribution in [0.1, 0.15) is 59.8 Å². The fourth-order valence-corrected chi connectivity index (χ4v) is 2.03. The van der Waals surface area contributed by atoms with Crippen LogP contribution in [0.5, 0.6) is 0 Å². The molecular weight excluding hydrogens is 318 g/mol. The Morgan fingerprint density at radius 3 is 2.04 bits per heavy atom. The van der Waals surface area contributed by atoms with Gasteiger partial charge in [0.15, 0.2) is 0 Å². The molecule has 0 amide bonds. The van der Waals surface area contributed by atoms with Crippen molar-refractivity contribution in [1.29, 1.82) is 0 Å². The van der Waals surface area contributed by atoms with Gasteiger partial charge in [0.05, 0.1) is 33.8 Å². The second-order valence-electron chi connectivity index (χ2n) is 6.72. The molecule has 0 N–H and O–H groups in total. The molecule has 0 aromatic rings. The van der Waals surface area contributed by atoms with Gasteiger partial charge in [-0.15, -0.1) is 0 Å². The molecular formula is C16H35NO5S. The van der Waals surface area contributed by atoms with Gasteiger partial charge in [0.2, 0.25) is 10.4 Å². The highest BCUT2D eigenvalue weighted by Crippen LogP contribution is 2.09. The van der Waals surface area contributed by atoms with Crippen LogP contribution in [0, 0.1) is 5.92 Å². The van der Waals surface area contributed by atoms with Gasteiger partial charge in [-0.25, -0.2) is 8.42 Å². The van der Waals surface area contributed by atoms with Crippen molar-refractivity contribution in [2.45, 2.75) is 59.8 Å². The average Bonchev–Trinajstić information content (AvgIpc) is 2.41. The smallest absolute Gasteiger partial charge is 0.217 e. The molecule has 0 saturated carbocycles. The van der Waals surface area contributed by atoms with Gasteiger partial charge < -0.3 is 9.04 Å². The van der Waals surface area contributed by atoms with E-state index in [2.05, 4.69) is 39.0 Å². The Hall–Kier alpha value is -0.500. The van der Waals surface area contributed by atoms with E-state index in [0.29, 0.717) is 11.7 Å². The quantitative estimate of drug-likeness (QED) is 0.247. The summed E-state index contributed by atoms with van der Waals surface area (Å²) >= 11 is 0. The summed E-state index contributed by atoms with van der Waals surface area (Å²) in [6.45, 7) is 10.3. The molecule has 0 radical (unpaired) electrons. The van der Waals surface area contributed by atoms with Crippen LogP contribution in [0.2, 0.25) is 0 Å². The molecule has 0 fully saturated rings. The zero-order chi connectivity index (χ0) is 18.5. The lowest BCUT2D eigenvalue weighted by atomic mass is 10.0. The molecule has 0 rings (SSSR count). The molecule has 0 spiro atoms. The number of Topliss-reactive ketones (excluding diaryl/α,β-unsaturated/α-hetero) is 1. The van der Waals surface area contributed by atoms with Gasteiger partial charge in [0, 0.05) is 12.8 Å². The van der Waals surface area contributed by atoms with Crippen LogP contribution in [0.25, 0.3) is 0 Å². The van der Waals surface area contributed by atoms with Crippen LogP contribution in [-0.4, -0.2) is 57.0 Å². The van der Waals surface area contributed by atoms with Gasteiger partial charge >= 0.3 is 0 Å². The van der Waals surface area contributed by atoms with Crippen LogP contribution in [0.15, 0.2) is 0 Å². The maximum atomic E-state index is 11.5. The van der Waals surface area contributed by atoms with Crippen molar-refractivity contribution in [3.8, 4) is 0 Å². The molecule has 0 atom stereocenters. The predicted molar refractivity (Wildman–Crippen MR) is 91.8 cm³/mol. The van der Waals surface area contributed by atoms with Crippen LogP contribution in [-0.2, 0) is 19.4 Å². The topological polar surface area (TPSA) is 83.5 Å². The molecule has 0 heterocycles. The van der Waals surface area contributed by atoms with E-state index in [-0.39, 0.29) is 6.61 Å². The van der Waals surface area contributed by atoms with E-state index >= 15 is 0 Å². The Bertz CT molecular complexity index is 405. The summed E-state index contributed by atoms with van der Waals surface area (Å²) in [5.74, 6) is 1.11. The van der Waals surface area contributed by atoms with Crippen molar-refractivity contribution in [1.82, 2.24) is 0 Å². The van der Waals surface area contributed by atoms with Crippen molar-refractivity contribution >= 4 is 16.2 Å². The van der Waals surface area contributed by atoms with E-state index in [0.717, 1.165) is 30.2 Å². The van der Waals surface area contributed by atoms with Crippen molar-refractivity contribution in [3.63, 3.8) is 0 Å². The van der Waals surface area contributed by atoms with Gasteiger partial charge in [0.25, 0.3) is 0 Å². The first-order valence-electron chi connectivity index (χ1n) is 8.37. The molecule has 0 aliphatic carbocycles. The largest absolute Gasteiger partial charge is 0.726 e. The van der Waals surface area contributed by atoms with Crippen LogP contribution >= 0.6 is 0 Å². The fourth-order valence-electron chi connectivity index (χ4n) is 1.74. The first kappa shape index (κ1) is 24.7. The zero-order valence-corrected chi connectivity index (χ0v) is 16.4. The summed E-state index contributed by atoms with van der Waals surface area (Å²) in [6.07, 6.45) is 4.86. The molecule has 0 aliphatic rings. The highest BCUT2D eigenvalue weighted by molar-refractivity contribution is 7.80. The standard InChI is InChI=1S/C14H30NO.C2H6O4S/c1-6-15(4,5)12-8-7-9-14(16)11-10-13(2)3;1-2-6-7(3,4)5/h13H,6-12H2,1-5H3;2H2,1H3,(H,3,4,5)/q+1;/p-1. The Morgan fingerprint density at radius 1 is 1.13 bits per heavy atom. The molecule has 0 bridgehead atoms. The van der Waals surface area contributed by atoms with Gasteiger partial charge in [-0.2, -0.15) is 0 Å². The molecule has 0 unspecified atom stereocenters. The minimum Gasteiger partial charge on any atom is -0.726 e. The number of carbonyl (C=O) groups is 1. The molecule has 7 heteroatoms. The summed E-state index contributed by atoms with van der Waals surface area (Å²) in [7, 11) is 0.0770. The minimum atomic E-state index is -4.42. The third kappa shape index (κ3) is 21.5. The Morgan fingerprint density at radius 2 is 1.70 bits per heavy atom. The third-order valence-corrected chi connectivity index (χ3v) is 4.11. The summed E-state index contributed by atoms with van der Waals surface area (Å²) in [6, 6.07) is 0. The average molecular weight is 354 g/mol. The molecule has 0 aliphatic heterocycles. The van der Waals surface area contributed by atoms with E-state index < -0.39 is 10.4 Å². The molecule has 23 heavy (non-hydrogen) atoms. The predicted octanol–water partition coefficient (Wildman–Crippen LogP) is 2.74. The number of nitrogens with zero attached hydrogens (tertiary/aromatic N) is 1. The second kappa shape index (κ2) is 12.9. The Labute approximate surface area is 142 Å². The maximum absolute atomic E-state index is 11.5. The Balaban J connectivity index is 0. The highest BCUT2D eigenvalue weighted by Gasteiger charge is 2.11. The molecule has 140 valence electrons. The summed E-state index contributed by atoms with van der Waals surface area (Å²) in [4.78, 5) is 11.5. The van der Waals surface area contributed by atoms with E-state index in [9.17, 15) is 17.8 Å². The van der Waals surface area contributed by atoms with Crippen molar-refractivity contribution in [2.24, 2.45) is 5.92 Å². The lowest BCUT2D eigenvalue weighted by Gasteiger charge is -2.28. The van der Waals surface area contributed by atoms with E-state index in [1.54, 1.807) is 0 Å². The fraction of sp³-hybridized carbons (Fsp3) is 0.938. The van der Waals surface area contributed by atoms with Gasteiger partial charge in [-0.05, 0) is 39.0 Å². The molecule has 6 nitrogen and oxygen atoms in total. The summed E-state index contributed by atoms with van der Waals surface area (Å²) < 4.78 is 33.1. The number of unbranched alkanes of at least 4 members (excludes halogenated alkanes) is 1. The number of hydrogen-bond acceptors (Lipinski definition) is 5. The minimum absolute atomic E-state index is 0.0914. The van der Waals surface area contributed by atoms with E-state index in [4.69, 9.17) is 0 Å². The van der Waals surface area contributed by atoms with Crippen LogP contribution in [0.4, 0.5) is 0 Å². The lowest BCUT2D eigenvalue weighted by Crippen LogP contribution is -2.39. The highest BCUT2D eigenvalue weighted by atomic mass is 32.3. The maximum Gasteiger partial charge on any atom is 0.217 e. The summed E-state index contributed by atoms with van der Waals surface area (Å²) in [5.41, 5.74) is 0. The van der Waals surface area contributed by atoms with E-state index in [1.165, 1.54) is 26.4 Å². The van der Waals surface area contributed by atoms with Crippen molar-refractivity contribution in [2.75, 3.05) is 33.8 Å². The number of ketones is 1. The van der Waals surface area contributed by atoms with Crippen LogP contribution < -0.4 is 0 Å². The number of hydrogen-bond donors (Lipinski definition) is 0. The van der Waals surface area contributed by atoms with Gasteiger partial charge in [0.1, 0.15) is 5.78 Å². The normalized spacial score (nSPS) is 12.0. The van der Waals surface area contributed by atoms with E-state index in [1.807, 2.05) is 0 Å². The first-order valence-corrected chi connectivity index (χ1v) is 9.70. The third-order valence-electron chi connectivity index (χ3n) is 3.59. The Kier molecular flexibility index (Phi) is 13.8. The van der Waals surface area contributed by atoms with Crippen LogP contribution in [0.3, 0.4) is 0 Å². The zero-order valence-electron chi connectivity index (χ0n) is 15.6. The molecule has 0 aromatic carbocycles. The lowest BCUT2D eigenvalue weighted by molar-refractivity contribution is -0.888. The SMILES string of the molecule is CCOS(=O)(=O)[O-].CC[N+](C)(C)CCCCC(=O)CCC(C)C. The van der Waals surface area contributed by atoms with Gasteiger partial charge in [-0.1, -0.05) is 13.8 Å². The monoisotopic (exact) mass is 353 g/mol. The van der Waals surface area contributed by atoms with Gasteiger partial charge in [-0.3, -0.25) is 8.98 Å². The first-order chi connectivity index (χ1) is 10.4. The number of quaternary nitrogens is 1. The molecule has 0 saturated heterocycles. The molecule has 0 aromatic heterocycles. The second-order valence-corrected chi connectivity index (χ2v) is 7.77. The number of rotatable bonds is 11. The van der Waals surface area contributed by atoms with Crippen molar-refractivity contribution < 1.29 is 26.4 Å². The number of carbonyl (C=O) groups excluding carboxylic acids is 1. The summed E-state index contributed by atoms with van der Waals surface area (Å²) in [5, 5.41) is 0. The van der Waals surface area contributed by atoms with Crippen molar-refractivity contribution in [3.05, 3.63) is 0 Å².